The van der Waals surface area contributed by atoms with Crippen molar-refractivity contribution in [2.24, 2.45) is 0 Å². The second-order valence-electron chi connectivity index (χ2n) is 9.03. The van der Waals surface area contributed by atoms with Crippen molar-refractivity contribution in [1.29, 1.82) is 0 Å². The second kappa shape index (κ2) is 11.8. The lowest BCUT2D eigenvalue weighted by molar-refractivity contribution is -0.199. The average molecular weight is 645 g/mol. The van der Waals surface area contributed by atoms with Crippen LogP contribution in [0.25, 0.3) is 22.3 Å². The van der Waals surface area contributed by atoms with Crippen LogP contribution in [0.2, 0.25) is 5.15 Å². The van der Waals surface area contributed by atoms with E-state index in [4.69, 9.17) is 16.3 Å². The van der Waals surface area contributed by atoms with E-state index in [0.717, 1.165) is 25.4 Å². The first-order valence-electron chi connectivity index (χ1n) is 12.3. The topological polar surface area (TPSA) is 136 Å². The lowest BCUT2D eigenvalue weighted by atomic mass is 10.1. The summed E-state index contributed by atoms with van der Waals surface area (Å²) in [4.78, 5) is 31.2. The van der Waals surface area contributed by atoms with Crippen LogP contribution >= 0.6 is 11.6 Å². The molecule has 43 heavy (non-hydrogen) atoms. The number of carbonyl (C=O) groups excluding carboxylic acids is 1. The van der Waals surface area contributed by atoms with Crippen molar-refractivity contribution in [2.45, 2.75) is 30.0 Å². The van der Waals surface area contributed by atoms with Crippen LogP contribution in [0.4, 0.5) is 27.6 Å². The van der Waals surface area contributed by atoms with Gasteiger partial charge in [-0.25, -0.2) is 28.5 Å². The molecule has 1 fully saturated rings. The number of nitrogens with zero attached hydrogens (tertiary/aromatic N) is 5. The van der Waals surface area contributed by atoms with E-state index >= 15 is 0 Å². The van der Waals surface area contributed by atoms with Crippen molar-refractivity contribution in [3.8, 4) is 17.1 Å². The van der Waals surface area contributed by atoms with Crippen molar-refractivity contribution in [1.82, 2.24) is 25.3 Å². The Kier molecular flexibility index (Phi) is 8.31. The Bertz CT molecular complexity index is 1810. The number of aromatic nitrogens is 4. The Morgan fingerprint density at radius 1 is 1.05 bits per heavy atom. The van der Waals surface area contributed by atoms with Crippen molar-refractivity contribution >= 4 is 44.3 Å². The van der Waals surface area contributed by atoms with E-state index in [0.29, 0.717) is 30.5 Å². The predicted octanol–water partition coefficient (Wildman–Crippen LogP) is 4.37. The number of halogens is 6. The predicted molar refractivity (Wildman–Crippen MR) is 140 cm³/mol. The Labute approximate surface area is 244 Å². The van der Waals surface area contributed by atoms with Gasteiger partial charge in [0.2, 0.25) is 5.88 Å². The quantitative estimate of drug-likeness (QED) is 0.176. The molecule has 0 bridgehead atoms. The van der Waals surface area contributed by atoms with Gasteiger partial charge in [0.15, 0.2) is 10.7 Å². The summed E-state index contributed by atoms with van der Waals surface area (Å²) in [5, 5.41) is 2.46. The maximum atomic E-state index is 14.5. The van der Waals surface area contributed by atoms with E-state index in [-0.39, 0.29) is 34.8 Å². The third-order valence-electron chi connectivity index (χ3n) is 6.11. The van der Waals surface area contributed by atoms with Crippen LogP contribution < -0.4 is 14.5 Å². The summed E-state index contributed by atoms with van der Waals surface area (Å²) in [7, 11) is -5.48. The van der Waals surface area contributed by atoms with Crippen LogP contribution in [0, 0.1) is 11.6 Å². The molecule has 0 amide bonds. The third kappa shape index (κ3) is 6.42. The molecule has 0 unspecified atom stereocenters. The van der Waals surface area contributed by atoms with Crippen LogP contribution in [-0.4, -0.2) is 59.7 Å². The Hall–Kier alpha value is -4.22. The average Bonchev–Trinajstić information content (AvgIpc) is 2.96. The molecule has 0 aliphatic carbocycles. The molecule has 1 saturated heterocycles. The minimum Gasteiger partial charge on any atom is -0.473 e. The molecule has 3 aromatic heterocycles. The van der Waals surface area contributed by atoms with Crippen LogP contribution in [0.1, 0.15) is 12.8 Å². The van der Waals surface area contributed by atoms with E-state index in [1.54, 1.807) is 0 Å². The number of pyridine rings is 2. The smallest absolute Gasteiger partial charge is 0.473 e. The molecule has 0 atom stereocenters. The summed E-state index contributed by atoms with van der Waals surface area (Å²) in [5.41, 5.74) is -0.217. The molecule has 1 aliphatic heterocycles. The van der Waals surface area contributed by atoms with Gasteiger partial charge in [0.1, 0.15) is 34.6 Å². The van der Waals surface area contributed by atoms with Gasteiger partial charge >= 0.3 is 12.1 Å². The number of hydrogen-bond donors (Lipinski definition) is 1. The van der Waals surface area contributed by atoms with Gasteiger partial charge in [-0.05, 0) is 56.3 Å². The highest BCUT2D eigenvalue weighted by Gasteiger charge is 2.46. The molecular weight excluding hydrogens is 627 g/mol. The first kappa shape index (κ1) is 30.2. The van der Waals surface area contributed by atoms with Gasteiger partial charge in [0.05, 0.1) is 11.2 Å². The van der Waals surface area contributed by atoms with Gasteiger partial charge in [0.25, 0.3) is 10.0 Å². The van der Waals surface area contributed by atoms with E-state index < -0.39 is 54.0 Å². The van der Waals surface area contributed by atoms with Crippen molar-refractivity contribution < 1.29 is 44.7 Å². The number of anilines is 1. The van der Waals surface area contributed by atoms with Crippen LogP contribution in [0.5, 0.6) is 5.88 Å². The number of alkyl halides is 3. The highest BCUT2D eigenvalue weighted by Crippen LogP contribution is 2.35. The zero-order chi connectivity index (χ0) is 30.9. The number of nitrogens with one attached hydrogen (secondary N) is 1. The van der Waals surface area contributed by atoms with Gasteiger partial charge in [-0.1, -0.05) is 16.1 Å². The van der Waals surface area contributed by atoms with E-state index in [2.05, 4.69) is 30.1 Å². The molecule has 0 spiro atoms. The number of ether oxygens (including phenoxy) is 1. The number of hydrogen-bond acceptors (Lipinski definition) is 10. The van der Waals surface area contributed by atoms with Crippen LogP contribution in [0.3, 0.4) is 0 Å². The maximum absolute atomic E-state index is 14.5. The lowest BCUT2D eigenvalue weighted by Crippen LogP contribution is -2.39. The standard InChI is InChI=1S/C25H18ClF5N6O5S/c26-22-19(37(42-24(38)25(29,30)31)43(39,40)20-4-1-14(27)10-16(20)28)9-13(11-33-22)17-2-3-18-21(36-17)23(35-12-34-18)41-15-5-7-32-8-6-15/h1-4,9-12,15,32H,5-8H2. The fourth-order valence-corrected chi connectivity index (χ4v) is 5.59. The normalized spacial score (nSPS) is 14.5. The van der Waals surface area contributed by atoms with E-state index in [1.165, 1.54) is 18.5 Å². The molecule has 226 valence electrons. The van der Waals surface area contributed by atoms with Crippen molar-refractivity contribution in [3.05, 3.63) is 65.7 Å². The minimum absolute atomic E-state index is 0.0131. The number of carbonyl (C=O) groups is 1. The highest BCUT2D eigenvalue weighted by atomic mass is 35.5. The molecule has 4 aromatic rings. The van der Waals surface area contributed by atoms with Gasteiger partial charge in [-0.2, -0.15) is 26.6 Å². The minimum atomic E-state index is -5.67. The zero-order valence-electron chi connectivity index (χ0n) is 21.5. The molecule has 1 aliphatic rings. The molecule has 0 radical (unpaired) electrons. The summed E-state index contributed by atoms with van der Waals surface area (Å²) in [5.74, 6) is -5.66. The fraction of sp³-hybridized carbons (Fsp3) is 0.240. The fourth-order valence-electron chi connectivity index (χ4n) is 4.07. The zero-order valence-corrected chi connectivity index (χ0v) is 23.1. The number of benzene rings is 1. The summed E-state index contributed by atoms with van der Waals surface area (Å²) in [6, 6.07) is 5.04. The summed E-state index contributed by atoms with van der Waals surface area (Å²) in [6.07, 6.45) is -1.99. The number of fused-ring (bicyclic) bond motifs is 1. The van der Waals surface area contributed by atoms with Crippen LogP contribution in [0.15, 0.2) is 53.8 Å². The monoisotopic (exact) mass is 644 g/mol. The molecule has 0 saturated carbocycles. The maximum Gasteiger partial charge on any atom is 0.493 e. The molecular formula is C25H18ClF5N6O5S. The van der Waals surface area contributed by atoms with Gasteiger partial charge in [-0.3, -0.25) is 0 Å². The van der Waals surface area contributed by atoms with Gasteiger partial charge in [0, 0.05) is 17.8 Å². The second-order valence-corrected chi connectivity index (χ2v) is 11.1. The highest BCUT2D eigenvalue weighted by molar-refractivity contribution is 7.92. The Morgan fingerprint density at radius 3 is 2.49 bits per heavy atom. The number of rotatable bonds is 7. The van der Waals surface area contributed by atoms with E-state index in [9.17, 15) is 35.2 Å². The molecule has 1 N–H and O–H groups in total. The van der Waals surface area contributed by atoms with Crippen LogP contribution in [-0.2, 0) is 19.7 Å². The Balaban J connectivity index is 1.60. The van der Waals surface area contributed by atoms with Gasteiger partial charge in [-0.15, -0.1) is 0 Å². The molecule has 11 nitrogen and oxygen atoms in total. The Morgan fingerprint density at radius 2 is 1.79 bits per heavy atom. The lowest BCUT2D eigenvalue weighted by Gasteiger charge is -2.24. The summed E-state index contributed by atoms with van der Waals surface area (Å²) in [6.45, 7) is 1.48. The molecule has 18 heteroatoms. The third-order valence-corrected chi connectivity index (χ3v) is 8.00. The van der Waals surface area contributed by atoms with Crippen molar-refractivity contribution in [3.63, 3.8) is 0 Å². The van der Waals surface area contributed by atoms with Crippen molar-refractivity contribution in [2.75, 3.05) is 17.6 Å². The first-order chi connectivity index (χ1) is 20.3. The molecule has 1 aromatic carbocycles. The van der Waals surface area contributed by atoms with E-state index in [1.807, 2.05) is 0 Å². The summed E-state index contributed by atoms with van der Waals surface area (Å²) >= 11 is 6.05. The van der Waals surface area contributed by atoms with Gasteiger partial charge < -0.3 is 14.9 Å². The largest absolute Gasteiger partial charge is 0.493 e. The first-order valence-corrected chi connectivity index (χ1v) is 14.1. The number of piperidine rings is 1. The number of sulfonamides is 1. The SMILES string of the molecule is O=C(ON(c1cc(-c2ccc3ncnc(OC4CCNCC4)c3n2)cnc1Cl)S(=O)(=O)c1ccc(F)cc1F)C(F)(F)F. The molecule has 4 heterocycles. The summed E-state index contributed by atoms with van der Waals surface area (Å²) < 4.78 is 99.5. The molecule has 5 rings (SSSR count).